The van der Waals surface area contributed by atoms with Crippen LogP contribution in [0.3, 0.4) is 0 Å². The summed E-state index contributed by atoms with van der Waals surface area (Å²) in [6, 6.07) is 10.3. The average Bonchev–Trinajstić information content (AvgIpc) is 2.93. The summed E-state index contributed by atoms with van der Waals surface area (Å²) >= 11 is 0. The van der Waals surface area contributed by atoms with Crippen LogP contribution < -0.4 is 11.5 Å². The topological polar surface area (TPSA) is 138 Å². The maximum absolute atomic E-state index is 13.5. The molecule has 0 radical (unpaired) electrons. The molecule has 0 unspecified atom stereocenters. The predicted molar refractivity (Wildman–Crippen MR) is 170 cm³/mol. The fourth-order valence-corrected chi connectivity index (χ4v) is 8.46. The number of nitrogen functional groups attached to an aromatic ring is 2. The van der Waals surface area contributed by atoms with Crippen molar-refractivity contribution in [3.63, 3.8) is 0 Å². The standard InChI is InChI=1S/C14H10F2N2O4S2.C14H14F2N2S2/c1-7-3-9(15)11(17(19)20)5-13(7)23-24-14-6-12(18(21)22)10(16)4-8(14)2;1-7-3-9(15)11(17)5-13(7)19-20-14-6-12(18)10(16)4-8(14)2/h3-6H,1-2H3;3-6H,17-18H2,1-2H3. The first-order valence-electron chi connectivity index (χ1n) is 12.3. The van der Waals surface area contributed by atoms with Gasteiger partial charge < -0.3 is 11.5 Å². The number of hydrogen-bond acceptors (Lipinski definition) is 10. The van der Waals surface area contributed by atoms with Crippen molar-refractivity contribution >= 4 is 65.9 Å². The van der Waals surface area contributed by atoms with E-state index in [2.05, 4.69) is 0 Å². The van der Waals surface area contributed by atoms with Crippen molar-refractivity contribution < 1.29 is 27.4 Å². The number of benzene rings is 4. The van der Waals surface area contributed by atoms with E-state index in [9.17, 15) is 37.8 Å². The molecule has 0 heterocycles. The fourth-order valence-electron chi connectivity index (χ4n) is 3.44. The van der Waals surface area contributed by atoms with E-state index in [0.717, 1.165) is 66.8 Å². The van der Waals surface area contributed by atoms with Gasteiger partial charge in [0.05, 0.1) is 21.2 Å². The van der Waals surface area contributed by atoms with Gasteiger partial charge in [0.25, 0.3) is 0 Å². The van der Waals surface area contributed by atoms with Crippen molar-refractivity contribution in [3.05, 3.63) is 114 Å². The van der Waals surface area contributed by atoms with Crippen LogP contribution in [0.1, 0.15) is 22.3 Å². The van der Waals surface area contributed by atoms with Crippen molar-refractivity contribution in [2.75, 3.05) is 11.5 Å². The van der Waals surface area contributed by atoms with Crippen molar-refractivity contribution in [3.8, 4) is 0 Å². The summed E-state index contributed by atoms with van der Waals surface area (Å²) < 4.78 is 53.6. The first-order valence-corrected chi connectivity index (χ1v) is 16.6. The first kappa shape index (κ1) is 34.9. The number of nitrogens with zero attached hydrogens (tertiary/aromatic N) is 2. The third-order valence-corrected chi connectivity index (χ3v) is 11.2. The SMILES string of the molecule is Cc1cc(F)c(N)cc1SSc1cc(N)c(F)cc1C.Cc1cc(F)c([N+](=O)[O-])cc1SSc1cc([N+](=O)[O-])c(F)cc1C. The Kier molecular flexibility index (Phi) is 11.8. The van der Waals surface area contributed by atoms with E-state index in [1.165, 1.54) is 33.7 Å². The normalized spacial score (nSPS) is 10.7. The van der Waals surface area contributed by atoms with Gasteiger partial charge in [-0.1, -0.05) is 43.2 Å². The van der Waals surface area contributed by atoms with Crippen LogP contribution in [0.4, 0.5) is 40.3 Å². The number of nitro groups is 2. The second-order valence-corrected chi connectivity index (χ2v) is 13.7. The Labute approximate surface area is 265 Å². The zero-order valence-electron chi connectivity index (χ0n) is 23.4. The van der Waals surface area contributed by atoms with Crippen molar-refractivity contribution in [1.29, 1.82) is 0 Å². The summed E-state index contributed by atoms with van der Waals surface area (Å²) in [5.41, 5.74) is 12.7. The number of nitrogens with two attached hydrogens (primary N) is 2. The molecule has 0 amide bonds. The zero-order chi connectivity index (χ0) is 32.9. The molecule has 0 aliphatic rings. The highest BCUT2D eigenvalue weighted by atomic mass is 33.1. The number of aryl methyl sites for hydroxylation is 4. The molecule has 0 bridgehead atoms. The largest absolute Gasteiger partial charge is 0.396 e. The first-order chi connectivity index (χ1) is 20.6. The van der Waals surface area contributed by atoms with Crippen molar-refractivity contribution in [1.82, 2.24) is 0 Å². The molecule has 16 heteroatoms. The van der Waals surface area contributed by atoms with Gasteiger partial charge in [0.2, 0.25) is 11.6 Å². The van der Waals surface area contributed by atoms with Crippen molar-refractivity contribution in [2.45, 2.75) is 47.3 Å². The van der Waals surface area contributed by atoms with Crippen LogP contribution in [0, 0.1) is 71.2 Å². The molecule has 0 saturated carbocycles. The lowest BCUT2D eigenvalue weighted by Crippen LogP contribution is -1.95. The minimum absolute atomic E-state index is 0.119. The third kappa shape index (κ3) is 8.74. The lowest BCUT2D eigenvalue weighted by Gasteiger charge is -2.09. The van der Waals surface area contributed by atoms with Gasteiger partial charge in [-0.25, -0.2) is 8.78 Å². The van der Waals surface area contributed by atoms with E-state index < -0.39 is 44.5 Å². The molecule has 232 valence electrons. The predicted octanol–water partition coefficient (Wildman–Crippen LogP) is 9.74. The van der Waals surface area contributed by atoms with E-state index in [1.807, 2.05) is 13.8 Å². The summed E-state index contributed by atoms with van der Waals surface area (Å²) in [6.45, 7) is 6.82. The molecule has 4 aromatic carbocycles. The van der Waals surface area contributed by atoms with Gasteiger partial charge in [-0.05, 0) is 86.3 Å². The molecule has 0 aliphatic heterocycles. The average molecular weight is 685 g/mol. The maximum atomic E-state index is 13.5. The summed E-state index contributed by atoms with van der Waals surface area (Å²) in [4.78, 5) is 22.6. The summed E-state index contributed by atoms with van der Waals surface area (Å²) in [6.07, 6.45) is 0. The highest BCUT2D eigenvalue weighted by Crippen LogP contribution is 2.44. The molecule has 4 rings (SSSR count). The number of hydrogen-bond donors (Lipinski definition) is 2. The van der Waals surface area contributed by atoms with Gasteiger partial charge in [0.1, 0.15) is 11.6 Å². The molecule has 0 fully saturated rings. The number of nitro benzene ring substituents is 2. The Morgan fingerprint density at radius 2 is 0.750 bits per heavy atom. The molecule has 44 heavy (non-hydrogen) atoms. The smallest absolute Gasteiger partial charge is 0.305 e. The van der Waals surface area contributed by atoms with E-state index in [-0.39, 0.29) is 11.4 Å². The van der Waals surface area contributed by atoms with Gasteiger partial charge in [0.15, 0.2) is 0 Å². The molecule has 0 saturated heterocycles. The van der Waals surface area contributed by atoms with Gasteiger partial charge in [0, 0.05) is 31.7 Å². The Hall–Kier alpha value is -3.60. The Morgan fingerprint density at radius 3 is 1.02 bits per heavy atom. The van der Waals surface area contributed by atoms with Crippen LogP contribution >= 0.6 is 43.2 Å². The Morgan fingerprint density at radius 1 is 0.500 bits per heavy atom. The minimum Gasteiger partial charge on any atom is -0.396 e. The highest BCUT2D eigenvalue weighted by Gasteiger charge is 2.20. The summed E-state index contributed by atoms with van der Waals surface area (Å²) in [5, 5.41) is 21.6. The van der Waals surface area contributed by atoms with Crippen LogP contribution in [0.5, 0.6) is 0 Å². The molecule has 4 N–H and O–H groups in total. The molecule has 0 aliphatic carbocycles. The third-order valence-electron chi connectivity index (χ3n) is 5.91. The van der Waals surface area contributed by atoms with Crippen LogP contribution in [0.15, 0.2) is 68.1 Å². The monoisotopic (exact) mass is 684 g/mol. The molecular formula is C28H24F4N4O4S4. The van der Waals surface area contributed by atoms with Crippen LogP contribution in [0.2, 0.25) is 0 Å². The molecule has 4 aromatic rings. The van der Waals surface area contributed by atoms with Gasteiger partial charge in [-0.3, -0.25) is 20.2 Å². The number of anilines is 2. The van der Waals surface area contributed by atoms with Crippen molar-refractivity contribution in [2.24, 2.45) is 0 Å². The molecule has 8 nitrogen and oxygen atoms in total. The van der Waals surface area contributed by atoms with E-state index >= 15 is 0 Å². The zero-order valence-corrected chi connectivity index (χ0v) is 26.7. The molecule has 0 spiro atoms. The fraction of sp³-hybridized carbons (Fsp3) is 0.143. The maximum Gasteiger partial charge on any atom is 0.305 e. The van der Waals surface area contributed by atoms with E-state index in [1.54, 1.807) is 26.0 Å². The molecule has 0 atom stereocenters. The van der Waals surface area contributed by atoms with Crippen LogP contribution in [-0.2, 0) is 0 Å². The summed E-state index contributed by atoms with van der Waals surface area (Å²) in [5.74, 6) is -2.70. The molecule has 0 aromatic heterocycles. The van der Waals surface area contributed by atoms with Gasteiger partial charge in [-0.15, -0.1) is 0 Å². The lowest BCUT2D eigenvalue weighted by molar-refractivity contribution is -0.387. The minimum atomic E-state index is -0.930. The Bertz CT molecular complexity index is 1640. The van der Waals surface area contributed by atoms with Crippen LogP contribution in [-0.4, -0.2) is 9.85 Å². The highest BCUT2D eigenvalue weighted by molar-refractivity contribution is 8.77. The number of halogens is 4. The number of rotatable bonds is 8. The second kappa shape index (κ2) is 14.9. The van der Waals surface area contributed by atoms with Gasteiger partial charge >= 0.3 is 11.4 Å². The quantitative estimate of drug-likeness (QED) is 0.0606. The summed E-state index contributed by atoms with van der Waals surface area (Å²) in [7, 11) is 5.05. The van der Waals surface area contributed by atoms with Crippen LogP contribution in [0.25, 0.3) is 0 Å². The lowest BCUT2D eigenvalue weighted by atomic mass is 10.2. The van der Waals surface area contributed by atoms with E-state index in [4.69, 9.17) is 11.5 Å². The molecular weight excluding hydrogens is 661 g/mol. The Balaban J connectivity index is 0.000000244. The van der Waals surface area contributed by atoms with Gasteiger partial charge in [-0.2, -0.15) is 8.78 Å². The van der Waals surface area contributed by atoms with E-state index in [0.29, 0.717) is 20.9 Å². The second-order valence-electron chi connectivity index (χ2n) is 9.26.